The molecule has 0 aromatic rings. The molecule has 0 radical (unpaired) electrons. The molecule has 0 bridgehead atoms. The number of carbonyl (C=O) groups is 2. The average molecular weight is 296 g/mol. The molecule has 0 aromatic heterocycles. The van der Waals surface area contributed by atoms with Crippen molar-refractivity contribution in [2.75, 3.05) is 26.7 Å². The van der Waals surface area contributed by atoms with Crippen molar-refractivity contribution in [3.8, 4) is 0 Å². The Balaban J connectivity index is 1.83. The molecular formula is C16H28N2O3. The van der Waals surface area contributed by atoms with E-state index in [0.29, 0.717) is 12.0 Å². The van der Waals surface area contributed by atoms with E-state index >= 15 is 0 Å². The van der Waals surface area contributed by atoms with E-state index in [1.54, 1.807) is 4.90 Å². The number of likely N-dealkylation sites (N-methyl/N-ethyl adjacent to an activating group) is 1. The van der Waals surface area contributed by atoms with Gasteiger partial charge in [-0.3, -0.25) is 14.5 Å². The minimum atomic E-state index is -0.849. The first-order valence-corrected chi connectivity index (χ1v) is 8.15. The summed E-state index contributed by atoms with van der Waals surface area (Å²) in [6.45, 7) is 3.22. The number of aliphatic carboxylic acids is 1. The third-order valence-electron chi connectivity index (χ3n) is 4.86. The Hall–Kier alpha value is -1.10. The monoisotopic (exact) mass is 296 g/mol. The number of rotatable bonds is 7. The Morgan fingerprint density at radius 2 is 1.67 bits per heavy atom. The number of amides is 1. The van der Waals surface area contributed by atoms with Crippen molar-refractivity contribution in [3.05, 3.63) is 0 Å². The maximum absolute atomic E-state index is 12.4. The summed E-state index contributed by atoms with van der Waals surface area (Å²) in [4.78, 5) is 27.0. The zero-order chi connectivity index (χ0) is 15.4. The van der Waals surface area contributed by atoms with E-state index < -0.39 is 5.97 Å². The highest BCUT2D eigenvalue weighted by molar-refractivity contribution is 5.79. The number of hydrogen-bond acceptors (Lipinski definition) is 3. The predicted molar refractivity (Wildman–Crippen MR) is 81.0 cm³/mol. The SMILES string of the molecule is CC1CCC(N(C)C(=O)CN(CC(=O)O)CC2CC2)CC1. The van der Waals surface area contributed by atoms with E-state index in [0.717, 1.165) is 25.3 Å². The van der Waals surface area contributed by atoms with Crippen LogP contribution in [-0.4, -0.2) is 59.5 Å². The number of nitrogens with zero attached hydrogens (tertiary/aromatic N) is 2. The molecule has 0 heterocycles. The second kappa shape index (κ2) is 7.25. The zero-order valence-corrected chi connectivity index (χ0v) is 13.3. The first kappa shape index (κ1) is 16.3. The summed E-state index contributed by atoms with van der Waals surface area (Å²) in [7, 11) is 1.87. The average Bonchev–Trinajstić information content (AvgIpc) is 3.21. The molecule has 2 aliphatic carbocycles. The van der Waals surface area contributed by atoms with Crippen LogP contribution in [-0.2, 0) is 9.59 Å². The molecule has 2 saturated carbocycles. The van der Waals surface area contributed by atoms with Gasteiger partial charge in [0.2, 0.25) is 5.91 Å². The van der Waals surface area contributed by atoms with Crippen LogP contribution in [0, 0.1) is 11.8 Å². The van der Waals surface area contributed by atoms with Gasteiger partial charge in [-0.1, -0.05) is 6.92 Å². The molecule has 0 unspecified atom stereocenters. The lowest BCUT2D eigenvalue weighted by atomic mass is 9.87. The lowest BCUT2D eigenvalue weighted by molar-refractivity contribution is -0.140. The van der Waals surface area contributed by atoms with Crippen LogP contribution in [0.4, 0.5) is 0 Å². The largest absolute Gasteiger partial charge is 0.480 e. The van der Waals surface area contributed by atoms with Gasteiger partial charge in [-0.15, -0.1) is 0 Å². The van der Waals surface area contributed by atoms with E-state index in [2.05, 4.69) is 6.92 Å². The smallest absolute Gasteiger partial charge is 0.317 e. The number of carboxylic acids is 1. The number of carboxylic acid groups (broad SMARTS) is 1. The van der Waals surface area contributed by atoms with Crippen LogP contribution in [0.5, 0.6) is 0 Å². The molecule has 21 heavy (non-hydrogen) atoms. The Bertz CT molecular complexity index is 374. The summed E-state index contributed by atoms with van der Waals surface area (Å²) in [5.74, 6) is 0.579. The molecular weight excluding hydrogens is 268 g/mol. The lowest BCUT2D eigenvalue weighted by Crippen LogP contribution is -2.46. The molecule has 5 nitrogen and oxygen atoms in total. The highest BCUT2D eigenvalue weighted by Crippen LogP contribution is 2.30. The summed E-state index contributed by atoms with van der Waals surface area (Å²) in [5.41, 5.74) is 0. The van der Waals surface area contributed by atoms with Gasteiger partial charge in [0.1, 0.15) is 0 Å². The Kier molecular flexibility index (Phi) is 5.62. The molecule has 2 rings (SSSR count). The van der Waals surface area contributed by atoms with Crippen LogP contribution in [0.15, 0.2) is 0 Å². The minimum absolute atomic E-state index is 0.0300. The van der Waals surface area contributed by atoms with Gasteiger partial charge in [0.25, 0.3) is 0 Å². The van der Waals surface area contributed by atoms with Crippen LogP contribution in [0.25, 0.3) is 0 Å². The van der Waals surface area contributed by atoms with Gasteiger partial charge in [0.05, 0.1) is 13.1 Å². The Morgan fingerprint density at radius 1 is 1.05 bits per heavy atom. The van der Waals surface area contributed by atoms with Gasteiger partial charge in [0, 0.05) is 19.6 Å². The van der Waals surface area contributed by atoms with E-state index in [4.69, 9.17) is 5.11 Å². The van der Waals surface area contributed by atoms with Crippen molar-refractivity contribution < 1.29 is 14.7 Å². The van der Waals surface area contributed by atoms with Crippen LogP contribution in [0.1, 0.15) is 45.4 Å². The van der Waals surface area contributed by atoms with Gasteiger partial charge in [0.15, 0.2) is 0 Å². The summed E-state index contributed by atoms with van der Waals surface area (Å²) in [6, 6.07) is 0.335. The minimum Gasteiger partial charge on any atom is -0.480 e. The van der Waals surface area contributed by atoms with E-state index in [-0.39, 0.29) is 19.0 Å². The fraction of sp³-hybridized carbons (Fsp3) is 0.875. The maximum atomic E-state index is 12.4. The van der Waals surface area contributed by atoms with Gasteiger partial charge < -0.3 is 10.0 Å². The molecule has 0 spiro atoms. The van der Waals surface area contributed by atoms with Crippen molar-refractivity contribution in [2.45, 2.75) is 51.5 Å². The molecule has 0 aromatic carbocycles. The van der Waals surface area contributed by atoms with Crippen LogP contribution in [0.3, 0.4) is 0 Å². The second-order valence-electron chi connectivity index (χ2n) is 6.93. The summed E-state index contributed by atoms with van der Waals surface area (Å²) < 4.78 is 0. The summed E-state index contributed by atoms with van der Waals surface area (Å²) in [6.07, 6.45) is 6.85. The third kappa shape index (κ3) is 5.30. The standard InChI is InChI=1S/C16H28N2O3/c1-12-3-7-14(8-4-12)17(2)15(19)10-18(11-16(20)21)9-13-5-6-13/h12-14H,3-11H2,1-2H3,(H,20,21). The zero-order valence-electron chi connectivity index (χ0n) is 13.3. The van der Waals surface area contributed by atoms with Gasteiger partial charge in [-0.25, -0.2) is 0 Å². The summed E-state index contributed by atoms with van der Waals surface area (Å²) >= 11 is 0. The fourth-order valence-corrected chi connectivity index (χ4v) is 3.18. The van der Waals surface area contributed by atoms with E-state index in [1.807, 2.05) is 11.9 Å². The quantitative estimate of drug-likeness (QED) is 0.778. The predicted octanol–water partition coefficient (Wildman–Crippen LogP) is 1.82. The van der Waals surface area contributed by atoms with Crippen molar-refractivity contribution in [1.29, 1.82) is 0 Å². The molecule has 120 valence electrons. The topological polar surface area (TPSA) is 60.9 Å². The molecule has 1 amide bonds. The highest BCUT2D eigenvalue weighted by atomic mass is 16.4. The third-order valence-corrected chi connectivity index (χ3v) is 4.86. The molecule has 0 saturated heterocycles. The van der Waals surface area contributed by atoms with Gasteiger partial charge in [-0.2, -0.15) is 0 Å². The number of hydrogen-bond donors (Lipinski definition) is 1. The second-order valence-corrected chi connectivity index (χ2v) is 6.93. The fourth-order valence-electron chi connectivity index (χ4n) is 3.18. The Morgan fingerprint density at radius 3 is 2.19 bits per heavy atom. The van der Waals surface area contributed by atoms with Crippen molar-refractivity contribution in [2.24, 2.45) is 11.8 Å². The lowest BCUT2D eigenvalue weighted by Gasteiger charge is -2.34. The summed E-state index contributed by atoms with van der Waals surface area (Å²) in [5, 5.41) is 8.98. The molecule has 0 aliphatic heterocycles. The maximum Gasteiger partial charge on any atom is 0.317 e. The Labute approximate surface area is 127 Å². The molecule has 5 heteroatoms. The van der Waals surface area contributed by atoms with E-state index in [1.165, 1.54) is 25.7 Å². The molecule has 0 atom stereocenters. The van der Waals surface area contributed by atoms with Crippen molar-refractivity contribution >= 4 is 11.9 Å². The normalized spacial score (nSPS) is 25.9. The molecule has 1 N–H and O–H groups in total. The molecule has 2 aliphatic rings. The molecule has 2 fully saturated rings. The highest BCUT2D eigenvalue weighted by Gasteiger charge is 2.29. The van der Waals surface area contributed by atoms with Crippen LogP contribution in [0.2, 0.25) is 0 Å². The van der Waals surface area contributed by atoms with Crippen LogP contribution >= 0.6 is 0 Å². The number of carbonyl (C=O) groups excluding carboxylic acids is 1. The first-order valence-electron chi connectivity index (χ1n) is 8.15. The first-order chi connectivity index (χ1) is 9.95. The van der Waals surface area contributed by atoms with E-state index in [9.17, 15) is 9.59 Å². The van der Waals surface area contributed by atoms with Gasteiger partial charge in [-0.05, 0) is 50.4 Å². The van der Waals surface area contributed by atoms with Crippen LogP contribution < -0.4 is 0 Å². The van der Waals surface area contributed by atoms with Gasteiger partial charge >= 0.3 is 5.97 Å². The van der Waals surface area contributed by atoms with Crippen molar-refractivity contribution in [3.63, 3.8) is 0 Å². The van der Waals surface area contributed by atoms with Crippen molar-refractivity contribution in [1.82, 2.24) is 9.80 Å².